The minimum absolute atomic E-state index is 0.0633. The van der Waals surface area contributed by atoms with Crippen LogP contribution in [0.5, 0.6) is 6.01 Å². The van der Waals surface area contributed by atoms with Crippen LogP contribution >= 0.6 is 11.6 Å². The number of benzene rings is 2. The number of hydrogen-bond acceptors (Lipinski definition) is 7. The fraction of sp³-hybridized carbons (Fsp3) is 0.406. The van der Waals surface area contributed by atoms with E-state index in [9.17, 15) is 9.90 Å². The molecule has 220 valence electrons. The number of fused-ring (bicyclic) bond motifs is 1. The van der Waals surface area contributed by atoms with Crippen molar-refractivity contribution in [1.29, 1.82) is 0 Å². The Morgan fingerprint density at radius 3 is 2.29 bits per heavy atom. The summed E-state index contributed by atoms with van der Waals surface area (Å²) >= 11 is 6.63. The zero-order valence-electron chi connectivity index (χ0n) is 23.6. The molecule has 2 fully saturated rings. The van der Waals surface area contributed by atoms with Gasteiger partial charge in [0.05, 0.1) is 41.5 Å². The molecule has 0 atom stereocenters. The van der Waals surface area contributed by atoms with Gasteiger partial charge in [0.25, 0.3) is 6.01 Å². The number of rotatable bonds is 11. The largest absolute Gasteiger partial charge is 0.481 e. The summed E-state index contributed by atoms with van der Waals surface area (Å²) < 4.78 is 16.8. The number of aromatic amines is 1. The summed E-state index contributed by atoms with van der Waals surface area (Å²) in [5.41, 5.74) is 6.33. The lowest BCUT2D eigenvalue weighted by Crippen LogP contribution is -2.51. The van der Waals surface area contributed by atoms with E-state index in [-0.39, 0.29) is 12.0 Å². The van der Waals surface area contributed by atoms with Crippen LogP contribution in [-0.4, -0.2) is 76.5 Å². The third-order valence-corrected chi connectivity index (χ3v) is 8.41. The molecular weight excluding hydrogens is 556 g/mol. The summed E-state index contributed by atoms with van der Waals surface area (Å²) in [6, 6.07) is 19.1. The molecule has 9 nitrogen and oxygen atoms in total. The third kappa shape index (κ3) is 6.60. The van der Waals surface area contributed by atoms with Crippen molar-refractivity contribution in [3.8, 4) is 28.4 Å². The Labute approximate surface area is 249 Å². The number of likely N-dealkylation sites (tertiary alicyclic amines) is 1. The van der Waals surface area contributed by atoms with Crippen LogP contribution in [0.15, 0.2) is 54.6 Å². The molecule has 0 radical (unpaired) electrons. The van der Waals surface area contributed by atoms with Gasteiger partial charge in [0.2, 0.25) is 0 Å². The van der Waals surface area contributed by atoms with E-state index in [0.29, 0.717) is 72.9 Å². The van der Waals surface area contributed by atoms with Crippen molar-refractivity contribution in [1.82, 2.24) is 19.9 Å². The highest BCUT2D eigenvalue weighted by Gasteiger charge is 2.28. The number of carbonyl (C=O) groups is 1. The number of aliphatic carboxylic acids is 1. The van der Waals surface area contributed by atoms with Gasteiger partial charge >= 0.3 is 5.97 Å². The van der Waals surface area contributed by atoms with E-state index in [1.807, 2.05) is 18.2 Å². The minimum Gasteiger partial charge on any atom is -0.481 e. The smallest absolute Gasteiger partial charge is 0.306 e. The highest BCUT2D eigenvalue weighted by Crippen LogP contribution is 2.32. The van der Waals surface area contributed by atoms with Gasteiger partial charge in [0.1, 0.15) is 6.10 Å². The number of aromatic nitrogens is 3. The molecule has 0 amide bonds. The first kappa shape index (κ1) is 28.6. The van der Waals surface area contributed by atoms with E-state index in [2.05, 4.69) is 51.3 Å². The predicted octanol–water partition coefficient (Wildman–Crippen LogP) is 5.81. The number of carboxylic acid groups (broad SMARTS) is 1. The molecule has 2 N–H and O–H groups in total. The molecule has 1 aliphatic heterocycles. The first-order chi connectivity index (χ1) is 20.4. The molecule has 6 rings (SSSR count). The number of halogens is 1. The van der Waals surface area contributed by atoms with Crippen molar-refractivity contribution in [3.63, 3.8) is 0 Å². The van der Waals surface area contributed by atoms with E-state index in [1.54, 1.807) is 7.11 Å². The highest BCUT2D eigenvalue weighted by molar-refractivity contribution is 6.33. The van der Waals surface area contributed by atoms with Crippen LogP contribution in [0.1, 0.15) is 31.2 Å². The molecule has 10 heteroatoms. The van der Waals surface area contributed by atoms with E-state index < -0.39 is 5.97 Å². The summed E-state index contributed by atoms with van der Waals surface area (Å²) in [6.45, 7) is 4.12. The maximum Gasteiger partial charge on any atom is 0.306 e. The fourth-order valence-electron chi connectivity index (χ4n) is 5.68. The molecule has 2 aromatic carbocycles. The normalized spacial score (nSPS) is 19.6. The maximum atomic E-state index is 11.2. The zero-order chi connectivity index (χ0) is 29.1. The first-order valence-electron chi connectivity index (χ1n) is 14.4. The lowest BCUT2D eigenvalue weighted by Gasteiger charge is -2.38. The van der Waals surface area contributed by atoms with Gasteiger partial charge in [-0.15, -0.1) is 0 Å². The second-order valence-corrected chi connectivity index (χ2v) is 11.5. The van der Waals surface area contributed by atoms with Crippen molar-refractivity contribution in [2.45, 2.75) is 44.4 Å². The van der Waals surface area contributed by atoms with Crippen LogP contribution in [0.2, 0.25) is 5.02 Å². The van der Waals surface area contributed by atoms with E-state index in [0.717, 1.165) is 36.3 Å². The number of imidazole rings is 1. The fourth-order valence-corrected chi connectivity index (χ4v) is 5.94. The van der Waals surface area contributed by atoms with Gasteiger partial charge in [-0.25, -0.2) is 4.98 Å². The zero-order valence-corrected chi connectivity index (χ0v) is 24.3. The van der Waals surface area contributed by atoms with Gasteiger partial charge in [-0.2, -0.15) is 4.98 Å². The first-order valence-corrected chi connectivity index (χ1v) is 14.8. The molecule has 4 aromatic rings. The molecule has 42 heavy (non-hydrogen) atoms. The van der Waals surface area contributed by atoms with Gasteiger partial charge in [-0.05, 0) is 48.4 Å². The van der Waals surface area contributed by atoms with Crippen LogP contribution < -0.4 is 4.74 Å². The number of methoxy groups -OCH3 is 1. The molecule has 1 aliphatic carbocycles. The molecule has 0 spiro atoms. The van der Waals surface area contributed by atoms with Crippen molar-refractivity contribution >= 4 is 28.7 Å². The number of carboxylic acids is 1. The molecule has 3 heterocycles. The van der Waals surface area contributed by atoms with Gasteiger partial charge < -0.3 is 24.3 Å². The second-order valence-electron chi connectivity index (χ2n) is 11.1. The molecular formula is C32H35ClN4O5. The highest BCUT2D eigenvalue weighted by atomic mass is 35.5. The molecule has 1 saturated carbocycles. The van der Waals surface area contributed by atoms with Gasteiger partial charge in [0.15, 0.2) is 5.65 Å². The van der Waals surface area contributed by atoms with Crippen LogP contribution in [0.4, 0.5) is 0 Å². The molecule has 1 saturated heterocycles. The van der Waals surface area contributed by atoms with Crippen molar-refractivity contribution < 1.29 is 24.1 Å². The van der Waals surface area contributed by atoms with Crippen LogP contribution in [0.3, 0.4) is 0 Å². The van der Waals surface area contributed by atoms with Crippen LogP contribution in [0.25, 0.3) is 33.5 Å². The number of ether oxygens (including phenoxy) is 3. The van der Waals surface area contributed by atoms with Crippen molar-refractivity contribution in [2.24, 2.45) is 5.92 Å². The summed E-state index contributed by atoms with van der Waals surface area (Å²) in [5, 5.41) is 9.74. The van der Waals surface area contributed by atoms with Gasteiger partial charge in [-0.1, -0.05) is 60.1 Å². The van der Waals surface area contributed by atoms with Crippen molar-refractivity contribution in [2.75, 3.05) is 33.4 Å². The molecule has 0 bridgehead atoms. The lowest BCUT2D eigenvalue weighted by molar-refractivity contribution is -0.143. The van der Waals surface area contributed by atoms with E-state index >= 15 is 0 Å². The number of pyridine rings is 1. The van der Waals surface area contributed by atoms with Gasteiger partial charge in [0, 0.05) is 32.3 Å². The summed E-state index contributed by atoms with van der Waals surface area (Å²) in [4.78, 5) is 26.0. The topological polar surface area (TPSA) is 110 Å². The molecule has 2 aromatic heterocycles. The number of H-pyrrole nitrogens is 1. The number of hydrogen-bond donors (Lipinski definition) is 2. The summed E-state index contributed by atoms with van der Waals surface area (Å²) in [6.07, 6.45) is 2.84. The van der Waals surface area contributed by atoms with E-state index in [4.69, 9.17) is 30.8 Å². The van der Waals surface area contributed by atoms with Crippen LogP contribution in [-0.2, 0) is 20.8 Å². The number of nitrogens with zero attached hydrogens (tertiary/aromatic N) is 3. The number of nitrogens with one attached hydrogen (secondary N) is 1. The lowest BCUT2D eigenvalue weighted by atomic mass is 9.87. The average Bonchev–Trinajstić information content (AvgIpc) is 3.37. The Hall–Kier alpha value is -3.50. The van der Waals surface area contributed by atoms with Crippen molar-refractivity contribution in [3.05, 3.63) is 65.2 Å². The quantitative estimate of drug-likeness (QED) is 0.210. The second kappa shape index (κ2) is 12.8. The standard InChI is InChI=1S/C32H35ClN4O5/c1-40-14-15-41-26-18-37(19-26)17-20-2-4-21(5-3-20)22-6-8-23(9-7-22)29-27(33)16-28-30(35-29)36-32(34-28)42-25-12-10-24(11-13-25)31(38)39/h2-9,16,24-26H,10-15,17-19H2,1H3,(H,38,39)(H,34,35,36)/t24-,25-. The molecule has 2 aliphatic rings. The summed E-state index contributed by atoms with van der Waals surface area (Å²) in [5.74, 6) is -1.02. The SMILES string of the molecule is COCCOC1CN(Cc2ccc(-c3ccc(-c4nc5nc(O[C@H]6CC[C@H](C(=O)O)CC6)[nH]c5cc4Cl)cc3)cc2)C1. The third-order valence-electron chi connectivity index (χ3n) is 8.12. The Balaban J connectivity index is 1.07. The Kier molecular flexibility index (Phi) is 8.71. The van der Waals surface area contributed by atoms with Crippen LogP contribution in [0, 0.1) is 5.92 Å². The molecule has 0 unspecified atom stereocenters. The summed E-state index contributed by atoms with van der Waals surface area (Å²) in [7, 11) is 1.69. The Morgan fingerprint density at radius 2 is 1.62 bits per heavy atom. The predicted molar refractivity (Wildman–Crippen MR) is 161 cm³/mol. The van der Waals surface area contributed by atoms with Gasteiger partial charge in [-0.3, -0.25) is 9.69 Å². The van der Waals surface area contributed by atoms with E-state index in [1.165, 1.54) is 5.56 Å². The Morgan fingerprint density at radius 1 is 0.952 bits per heavy atom. The Bertz CT molecular complexity index is 1510. The monoisotopic (exact) mass is 590 g/mol. The average molecular weight is 591 g/mol. The minimum atomic E-state index is -0.730. The maximum absolute atomic E-state index is 11.2.